The maximum absolute atomic E-state index is 12.4. The molecule has 150 valence electrons. The number of carbonyl (C=O) groups is 2. The van der Waals surface area contributed by atoms with Gasteiger partial charge in [-0.3, -0.25) is 23.5 Å². The number of hydrogen-bond donors (Lipinski definition) is 2. The Labute approximate surface area is 166 Å². The molecule has 0 saturated carbocycles. The number of aromatic nitrogens is 3. The SMILES string of the molecule is CCc1ccccc1NC(=O)CNC(=O)c1cnc2c(c1)c(=O)n(C)c(=O)n2C. The molecule has 0 radical (unpaired) electrons. The standard InChI is InChI=1S/C20H21N5O4/c1-4-12-7-5-6-8-15(12)23-16(26)11-22-18(27)13-9-14-17(21-10-13)24(2)20(29)25(3)19(14)28/h5-10H,4,11H2,1-3H3,(H,22,27)(H,23,26). The van der Waals surface area contributed by atoms with Crippen LogP contribution in [0.1, 0.15) is 22.8 Å². The summed E-state index contributed by atoms with van der Waals surface area (Å²) < 4.78 is 2.18. The van der Waals surface area contributed by atoms with Crippen molar-refractivity contribution in [2.24, 2.45) is 14.1 Å². The van der Waals surface area contributed by atoms with Gasteiger partial charge in [0.2, 0.25) is 5.91 Å². The smallest absolute Gasteiger partial charge is 0.332 e. The fraction of sp³-hybridized carbons (Fsp3) is 0.250. The van der Waals surface area contributed by atoms with E-state index in [0.717, 1.165) is 16.6 Å². The molecule has 0 spiro atoms. The average molecular weight is 395 g/mol. The molecular formula is C20H21N5O4. The summed E-state index contributed by atoms with van der Waals surface area (Å²) in [4.78, 5) is 52.9. The molecule has 0 aliphatic carbocycles. The van der Waals surface area contributed by atoms with Crippen LogP contribution in [0.15, 0.2) is 46.1 Å². The largest absolute Gasteiger partial charge is 0.343 e. The predicted molar refractivity (Wildman–Crippen MR) is 109 cm³/mol. The second-order valence-electron chi connectivity index (χ2n) is 6.54. The first-order valence-electron chi connectivity index (χ1n) is 9.05. The van der Waals surface area contributed by atoms with E-state index < -0.39 is 17.2 Å². The van der Waals surface area contributed by atoms with Crippen LogP contribution in [0.3, 0.4) is 0 Å². The number of hydrogen-bond acceptors (Lipinski definition) is 5. The summed E-state index contributed by atoms with van der Waals surface area (Å²) in [7, 11) is 2.85. The van der Waals surface area contributed by atoms with Crippen molar-refractivity contribution in [1.82, 2.24) is 19.4 Å². The summed E-state index contributed by atoms with van der Waals surface area (Å²) in [5.41, 5.74) is 0.951. The Morgan fingerprint density at radius 1 is 1.10 bits per heavy atom. The average Bonchev–Trinajstić information content (AvgIpc) is 2.74. The molecule has 2 amide bonds. The van der Waals surface area contributed by atoms with Crippen LogP contribution in [0.2, 0.25) is 0 Å². The van der Waals surface area contributed by atoms with E-state index in [4.69, 9.17) is 0 Å². The van der Waals surface area contributed by atoms with Crippen molar-refractivity contribution in [1.29, 1.82) is 0 Å². The number of aryl methyl sites for hydroxylation is 2. The van der Waals surface area contributed by atoms with Crippen molar-refractivity contribution in [3.63, 3.8) is 0 Å². The molecule has 9 nitrogen and oxygen atoms in total. The number of carbonyl (C=O) groups excluding carboxylic acids is 2. The molecule has 2 heterocycles. The summed E-state index contributed by atoms with van der Waals surface area (Å²) in [5.74, 6) is -0.916. The molecule has 1 aromatic carbocycles. The number of anilines is 1. The van der Waals surface area contributed by atoms with Crippen molar-refractivity contribution in [2.45, 2.75) is 13.3 Å². The van der Waals surface area contributed by atoms with Gasteiger partial charge < -0.3 is 10.6 Å². The number of pyridine rings is 1. The van der Waals surface area contributed by atoms with Crippen molar-refractivity contribution in [3.8, 4) is 0 Å². The maximum Gasteiger partial charge on any atom is 0.332 e. The van der Waals surface area contributed by atoms with E-state index in [-0.39, 0.29) is 29.0 Å². The van der Waals surface area contributed by atoms with Crippen LogP contribution in [0.4, 0.5) is 5.69 Å². The molecule has 0 unspecified atom stereocenters. The van der Waals surface area contributed by atoms with Crippen LogP contribution in [0.25, 0.3) is 11.0 Å². The minimum absolute atomic E-state index is 0.120. The quantitative estimate of drug-likeness (QED) is 0.655. The Bertz CT molecular complexity index is 1230. The van der Waals surface area contributed by atoms with Crippen molar-refractivity contribution in [2.75, 3.05) is 11.9 Å². The molecule has 0 saturated heterocycles. The van der Waals surface area contributed by atoms with Crippen LogP contribution in [-0.4, -0.2) is 32.5 Å². The first-order valence-corrected chi connectivity index (χ1v) is 9.05. The van der Waals surface area contributed by atoms with E-state index in [2.05, 4.69) is 15.6 Å². The van der Waals surface area contributed by atoms with Crippen LogP contribution in [0, 0.1) is 0 Å². The summed E-state index contributed by atoms with van der Waals surface area (Å²) in [6.07, 6.45) is 2.03. The van der Waals surface area contributed by atoms with Crippen LogP contribution >= 0.6 is 0 Å². The van der Waals surface area contributed by atoms with Crippen molar-refractivity contribution in [3.05, 3.63) is 68.5 Å². The first-order chi connectivity index (χ1) is 13.8. The van der Waals surface area contributed by atoms with Gasteiger partial charge in [-0.2, -0.15) is 0 Å². The molecule has 0 fully saturated rings. The zero-order chi connectivity index (χ0) is 21.1. The second kappa shape index (κ2) is 8.09. The Balaban J connectivity index is 1.76. The Morgan fingerprint density at radius 3 is 2.55 bits per heavy atom. The summed E-state index contributed by atoms with van der Waals surface area (Å²) >= 11 is 0. The highest BCUT2D eigenvalue weighted by atomic mass is 16.2. The number of rotatable bonds is 5. The molecule has 29 heavy (non-hydrogen) atoms. The van der Waals surface area contributed by atoms with Gasteiger partial charge in [0.1, 0.15) is 5.65 Å². The van der Waals surface area contributed by atoms with E-state index in [9.17, 15) is 19.2 Å². The zero-order valence-electron chi connectivity index (χ0n) is 16.4. The summed E-state index contributed by atoms with van der Waals surface area (Å²) in [5, 5.41) is 5.42. The molecule has 0 bridgehead atoms. The lowest BCUT2D eigenvalue weighted by molar-refractivity contribution is -0.115. The van der Waals surface area contributed by atoms with Gasteiger partial charge in [-0.05, 0) is 24.1 Å². The fourth-order valence-corrected chi connectivity index (χ4v) is 3.00. The van der Waals surface area contributed by atoms with Gasteiger partial charge in [0.25, 0.3) is 11.5 Å². The third-order valence-electron chi connectivity index (χ3n) is 4.64. The minimum Gasteiger partial charge on any atom is -0.343 e. The van der Waals surface area contributed by atoms with E-state index in [0.29, 0.717) is 5.69 Å². The number of nitrogens with zero attached hydrogens (tertiary/aromatic N) is 3. The molecular weight excluding hydrogens is 374 g/mol. The third kappa shape index (κ3) is 3.93. The predicted octanol–water partition coefficient (Wildman–Crippen LogP) is 0.563. The molecule has 0 aliphatic rings. The van der Waals surface area contributed by atoms with Gasteiger partial charge in [0.15, 0.2) is 0 Å². The van der Waals surface area contributed by atoms with Gasteiger partial charge in [-0.15, -0.1) is 0 Å². The lowest BCUT2D eigenvalue weighted by Gasteiger charge is -2.11. The normalized spacial score (nSPS) is 10.7. The molecule has 0 atom stereocenters. The Hall–Kier alpha value is -3.75. The van der Waals surface area contributed by atoms with Gasteiger partial charge in [0, 0.05) is 26.0 Å². The van der Waals surface area contributed by atoms with Crippen LogP contribution < -0.4 is 21.9 Å². The van der Waals surface area contributed by atoms with Gasteiger partial charge in [-0.25, -0.2) is 9.78 Å². The number of amides is 2. The third-order valence-corrected chi connectivity index (χ3v) is 4.64. The van der Waals surface area contributed by atoms with Crippen LogP contribution in [0.5, 0.6) is 0 Å². The highest BCUT2D eigenvalue weighted by molar-refractivity contribution is 6.00. The highest BCUT2D eigenvalue weighted by Gasteiger charge is 2.14. The lowest BCUT2D eigenvalue weighted by Crippen LogP contribution is -2.37. The molecule has 9 heteroatoms. The monoisotopic (exact) mass is 395 g/mol. The zero-order valence-corrected chi connectivity index (χ0v) is 16.4. The van der Waals surface area contributed by atoms with Crippen molar-refractivity contribution < 1.29 is 9.59 Å². The molecule has 3 rings (SSSR count). The number of benzene rings is 1. The lowest BCUT2D eigenvalue weighted by atomic mass is 10.1. The number of para-hydroxylation sites is 1. The Morgan fingerprint density at radius 2 is 1.83 bits per heavy atom. The Kier molecular flexibility index (Phi) is 5.58. The van der Waals surface area contributed by atoms with Crippen molar-refractivity contribution >= 4 is 28.5 Å². The molecule has 2 aromatic heterocycles. The summed E-state index contributed by atoms with van der Waals surface area (Å²) in [6.45, 7) is 1.75. The van der Waals surface area contributed by atoms with E-state index in [1.165, 1.54) is 30.9 Å². The van der Waals surface area contributed by atoms with E-state index >= 15 is 0 Å². The number of fused-ring (bicyclic) bond motifs is 1. The highest BCUT2D eigenvalue weighted by Crippen LogP contribution is 2.15. The summed E-state index contributed by atoms with van der Waals surface area (Å²) in [6, 6.07) is 8.79. The first kappa shape index (κ1) is 20.0. The molecule has 2 N–H and O–H groups in total. The van der Waals surface area contributed by atoms with Crippen LogP contribution in [-0.2, 0) is 25.3 Å². The number of nitrogens with one attached hydrogen (secondary N) is 2. The van der Waals surface area contributed by atoms with Gasteiger partial charge in [0.05, 0.1) is 17.5 Å². The molecule has 0 aliphatic heterocycles. The van der Waals surface area contributed by atoms with E-state index in [1.807, 2.05) is 25.1 Å². The minimum atomic E-state index is -0.547. The fourth-order valence-electron chi connectivity index (χ4n) is 3.00. The topological polar surface area (TPSA) is 115 Å². The van der Waals surface area contributed by atoms with Gasteiger partial charge >= 0.3 is 5.69 Å². The van der Waals surface area contributed by atoms with E-state index in [1.54, 1.807) is 6.07 Å². The second-order valence-corrected chi connectivity index (χ2v) is 6.54. The van der Waals surface area contributed by atoms with Gasteiger partial charge in [-0.1, -0.05) is 25.1 Å². The maximum atomic E-state index is 12.4. The molecule has 3 aromatic rings.